The van der Waals surface area contributed by atoms with Crippen LogP contribution in [0.15, 0.2) is 78.9 Å². The van der Waals surface area contributed by atoms with E-state index >= 15 is 0 Å². The first kappa shape index (κ1) is 16.9. The molecule has 0 fully saturated rings. The van der Waals surface area contributed by atoms with Gasteiger partial charge in [0.05, 0.1) is 0 Å². The van der Waals surface area contributed by atoms with E-state index in [1.807, 2.05) is 78.9 Å². The van der Waals surface area contributed by atoms with Crippen LogP contribution in [0.1, 0.15) is 15.9 Å². The molecule has 0 aliphatic rings. The summed E-state index contributed by atoms with van der Waals surface area (Å²) in [5.41, 5.74) is 1.50. The Balaban J connectivity index is 0.000000283. The summed E-state index contributed by atoms with van der Waals surface area (Å²) in [6.07, 6.45) is 0. The summed E-state index contributed by atoms with van der Waals surface area (Å²) >= 11 is 2.22. The number of hydrogen-bond acceptors (Lipinski definition) is 1. The van der Waals surface area contributed by atoms with Crippen molar-refractivity contribution in [3.63, 3.8) is 0 Å². The summed E-state index contributed by atoms with van der Waals surface area (Å²) in [7, 11) is 0. The normalized spacial score (nSPS) is 9.05. The minimum absolute atomic E-state index is 0. The molecule has 0 aliphatic heterocycles. The molecule has 0 saturated carbocycles. The molecule has 3 rings (SSSR count). The third-order valence-corrected chi connectivity index (χ3v) is 3.31. The standard InChI is InChI=1S/C12H8IO.C5H5.Fe/c13-11-7-5-10(6-8-11)12(14)9-3-1-2-4-9;1-2-4-5-3-1;/h1-8H;1-5H;/q-1;-5;. The molecular formula is C17H13FeIO-6. The third kappa shape index (κ3) is 5.08. The number of hydrogen-bond donors (Lipinski definition) is 0. The van der Waals surface area contributed by atoms with Crippen LogP contribution < -0.4 is 0 Å². The zero-order valence-electron chi connectivity index (χ0n) is 10.6. The third-order valence-electron chi connectivity index (χ3n) is 2.59. The summed E-state index contributed by atoms with van der Waals surface area (Å²) < 4.78 is 1.14. The van der Waals surface area contributed by atoms with Gasteiger partial charge in [-0.15, -0.1) is 12.1 Å². The van der Waals surface area contributed by atoms with Gasteiger partial charge in [-0.25, -0.2) is 0 Å². The van der Waals surface area contributed by atoms with Crippen LogP contribution >= 0.6 is 22.6 Å². The molecule has 0 unspecified atom stereocenters. The summed E-state index contributed by atoms with van der Waals surface area (Å²) in [5, 5.41) is 0. The fraction of sp³-hybridized carbons (Fsp3) is 0. The van der Waals surface area contributed by atoms with Gasteiger partial charge in [0.2, 0.25) is 0 Å². The number of carbonyl (C=O) groups excluding carboxylic acids is 1. The molecule has 0 radical (unpaired) electrons. The van der Waals surface area contributed by atoms with Gasteiger partial charge in [-0.3, -0.25) is 0 Å². The quantitative estimate of drug-likeness (QED) is 0.258. The summed E-state index contributed by atoms with van der Waals surface area (Å²) in [6, 6.07) is 25.0. The van der Waals surface area contributed by atoms with Gasteiger partial charge in [-0.05, 0) is 22.6 Å². The van der Waals surface area contributed by atoms with E-state index in [4.69, 9.17) is 0 Å². The van der Waals surface area contributed by atoms with Crippen molar-refractivity contribution in [3.05, 3.63) is 93.6 Å². The summed E-state index contributed by atoms with van der Waals surface area (Å²) in [4.78, 5) is 11.8. The predicted octanol–water partition coefficient (Wildman–Crippen LogP) is 4.64. The Labute approximate surface area is 143 Å². The van der Waals surface area contributed by atoms with E-state index in [1.165, 1.54) is 0 Å². The van der Waals surface area contributed by atoms with Crippen LogP contribution in [-0.2, 0) is 17.1 Å². The van der Waals surface area contributed by atoms with E-state index in [9.17, 15) is 4.79 Å². The molecule has 0 amide bonds. The van der Waals surface area contributed by atoms with Crippen molar-refractivity contribution in [2.75, 3.05) is 0 Å². The molecule has 0 atom stereocenters. The van der Waals surface area contributed by atoms with Crippen LogP contribution in [0.3, 0.4) is 0 Å². The number of benzene rings is 1. The topological polar surface area (TPSA) is 17.1 Å². The molecule has 0 N–H and O–H groups in total. The monoisotopic (exact) mass is 416 g/mol. The number of carbonyl (C=O) groups is 1. The Bertz CT molecular complexity index is 578. The van der Waals surface area contributed by atoms with Crippen LogP contribution in [0.25, 0.3) is 0 Å². The molecule has 1 nitrogen and oxygen atoms in total. The smallest absolute Gasteiger partial charge is 0.112 e. The van der Waals surface area contributed by atoms with Crippen LogP contribution in [0.5, 0.6) is 0 Å². The molecule has 0 aromatic heterocycles. The van der Waals surface area contributed by atoms with Gasteiger partial charge in [0, 0.05) is 20.6 Å². The van der Waals surface area contributed by atoms with Crippen LogP contribution in [0, 0.1) is 3.57 Å². The minimum atomic E-state index is 0. The molecule has 0 bridgehead atoms. The molecule has 0 aliphatic carbocycles. The number of ketones is 1. The van der Waals surface area contributed by atoms with Gasteiger partial charge in [-0.1, -0.05) is 35.4 Å². The van der Waals surface area contributed by atoms with E-state index in [-0.39, 0.29) is 22.9 Å². The summed E-state index contributed by atoms with van der Waals surface area (Å²) in [5.74, 6) is 0.0893. The second-order valence-electron chi connectivity index (χ2n) is 3.97. The van der Waals surface area contributed by atoms with Crippen LogP contribution in [-0.4, -0.2) is 5.78 Å². The largest absolute Gasteiger partial charge is 0.748 e. The van der Waals surface area contributed by atoms with Crippen LogP contribution in [0.4, 0.5) is 0 Å². The Morgan fingerprint density at radius 1 is 0.900 bits per heavy atom. The Morgan fingerprint density at radius 2 is 1.35 bits per heavy atom. The average Bonchev–Trinajstić information content (AvgIpc) is 3.15. The van der Waals surface area contributed by atoms with E-state index in [0.29, 0.717) is 0 Å². The van der Waals surface area contributed by atoms with Crippen LogP contribution in [0.2, 0.25) is 0 Å². The fourth-order valence-corrected chi connectivity index (χ4v) is 1.97. The molecule has 108 valence electrons. The maximum Gasteiger partial charge on any atom is 0.112 e. The van der Waals surface area contributed by atoms with Gasteiger partial charge in [0.25, 0.3) is 0 Å². The molecule has 3 aromatic carbocycles. The molecule has 20 heavy (non-hydrogen) atoms. The van der Waals surface area contributed by atoms with Gasteiger partial charge in [0.1, 0.15) is 5.78 Å². The maximum atomic E-state index is 11.8. The average molecular weight is 416 g/mol. The van der Waals surface area contributed by atoms with Crippen molar-refractivity contribution in [2.45, 2.75) is 0 Å². The van der Waals surface area contributed by atoms with E-state index in [2.05, 4.69) is 22.6 Å². The second-order valence-corrected chi connectivity index (χ2v) is 5.22. The Kier molecular flexibility index (Phi) is 7.52. The summed E-state index contributed by atoms with van der Waals surface area (Å²) in [6.45, 7) is 0. The first-order chi connectivity index (χ1) is 9.27. The first-order valence-corrected chi connectivity index (χ1v) is 7.04. The zero-order valence-corrected chi connectivity index (χ0v) is 13.9. The molecule has 0 heterocycles. The minimum Gasteiger partial charge on any atom is -0.748 e. The molecule has 0 saturated heterocycles. The Morgan fingerprint density at radius 3 is 1.80 bits per heavy atom. The molecule has 3 heteroatoms. The molecule has 3 aromatic rings. The number of halogens is 1. The number of rotatable bonds is 2. The Hall–Kier alpha value is -1.16. The SMILES string of the molecule is O=C(c1ccc(I)cc1)[c-]1cccc1.[Fe].[cH-]1[cH-][cH-][cH-][cH-]1. The second kappa shape index (κ2) is 8.90. The van der Waals surface area contributed by atoms with E-state index in [1.54, 1.807) is 0 Å². The van der Waals surface area contributed by atoms with Gasteiger partial charge < -0.3 is 35.1 Å². The van der Waals surface area contributed by atoms with Crippen molar-refractivity contribution in [1.29, 1.82) is 0 Å². The van der Waals surface area contributed by atoms with E-state index < -0.39 is 0 Å². The van der Waals surface area contributed by atoms with Gasteiger partial charge >= 0.3 is 0 Å². The van der Waals surface area contributed by atoms with Crippen molar-refractivity contribution in [1.82, 2.24) is 0 Å². The van der Waals surface area contributed by atoms with E-state index in [0.717, 1.165) is 14.7 Å². The molecular weight excluding hydrogens is 403 g/mol. The fourth-order valence-electron chi connectivity index (χ4n) is 1.61. The van der Waals surface area contributed by atoms with Crippen molar-refractivity contribution < 1.29 is 21.9 Å². The van der Waals surface area contributed by atoms with Crippen molar-refractivity contribution in [3.8, 4) is 0 Å². The van der Waals surface area contributed by atoms with Gasteiger partial charge in [0.15, 0.2) is 0 Å². The predicted molar refractivity (Wildman–Crippen MR) is 86.7 cm³/mol. The van der Waals surface area contributed by atoms with Crippen molar-refractivity contribution in [2.24, 2.45) is 0 Å². The zero-order chi connectivity index (χ0) is 13.5. The molecule has 0 spiro atoms. The first-order valence-electron chi connectivity index (χ1n) is 5.96. The van der Waals surface area contributed by atoms with Gasteiger partial charge in [-0.2, -0.15) is 12.1 Å². The maximum absolute atomic E-state index is 11.8. The van der Waals surface area contributed by atoms with Crippen molar-refractivity contribution >= 4 is 28.4 Å².